The Bertz CT molecular complexity index is 2330. The van der Waals surface area contributed by atoms with Crippen molar-refractivity contribution in [3.8, 4) is 0 Å². The smallest absolute Gasteiger partial charge is 0.246 e. The zero-order valence-corrected chi connectivity index (χ0v) is 57.0. The molecule has 11 amide bonds. The molecule has 1 fully saturated rings. The lowest BCUT2D eigenvalue weighted by atomic mass is 9.93. The average Bonchev–Trinajstić information content (AvgIpc) is 3.62. The summed E-state index contributed by atoms with van der Waals surface area (Å²) in [5, 5.41) is 10.3. The molecule has 12 atom stereocenters. The summed E-state index contributed by atoms with van der Waals surface area (Å²) >= 11 is 4.98. The molecule has 22 nitrogen and oxygen atoms in total. The standard InChI is InChI=1S/C62H111N11O11S/c1-25-27-28-40(15)52(85)51-56(78)65-43(26-2)58(80)67(18)33-48(74)68(19)44(29-34(3)4)55(77)66-49(38(11)12)61(83)69(20)45(30-35(5)6)54(76)63-41(16)53(75)64-42(17)57(79)70(21)46(31-36(7)8)59(81)71(22)47(32-37(9)10)60(82)72(23)50(39(13)14)62(84)73(51)24/h25,27,34-47,49-52,85H,26,28-33H2,1-24H3,(H,63,76)(H,64,75)(H,65,78)(H,66,77)/b27-25+/t40?,41-,42+,43+,44+,45+,46+,47+,49+,50+,51+,52?/m1/s1. The van der Waals surface area contributed by atoms with Crippen molar-refractivity contribution in [1.82, 2.24) is 55.6 Å². The first-order valence-corrected chi connectivity index (χ1v) is 31.1. The third kappa shape index (κ3) is 21.9. The maximum Gasteiger partial charge on any atom is 0.246 e. The number of carbonyl (C=O) groups excluding carboxylic acids is 11. The van der Waals surface area contributed by atoms with Crippen LogP contribution in [0.5, 0.6) is 0 Å². The van der Waals surface area contributed by atoms with Crippen molar-refractivity contribution in [3.63, 3.8) is 0 Å². The normalized spacial score (nSPS) is 26.9. The van der Waals surface area contributed by atoms with Crippen LogP contribution in [0.3, 0.4) is 0 Å². The van der Waals surface area contributed by atoms with E-state index in [2.05, 4.69) is 21.3 Å². The van der Waals surface area contributed by atoms with Gasteiger partial charge in [-0.3, -0.25) is 52.7 Å². The van der Waals surface area contributed by atoms with Crippen LogP contribution >= 0.6 is 12.6 Å². The number of thiol groups is 1. The van der Waals surface area contributed by atoms with E-state index in [-0.39, 0.29) is 61.7 Å². The Kier molecular flexibility index (Phi) is 32.0. The lowest BCUT2D eigenvalue weighted by Gasteiger charge is -2.41. The minimum absolute atomic E-state index is 0.0796. The molecule has 1 rings (SSSR count). The molecule has 1 saturated heterocycles. The average molecular weight is 1220 g/mol. The molecule has 23 heteroatoms. The van der Waals surface area contributed by atoms with Crippen LogP contribution in [0.15, 0.2) is 12.2 Å². The SMILES string of the molecule is C/C=C/CC(C)C(S)[C@H]1C(=O)N[C@@H](CC)C(=O)N(C)CC(=O)N(C)[C@@H](CC(C)C)C(=O)N[C@@H](C(C)C)C(=O)N(C)[C@@H](CC(C)C)C(=O)N[C@H](C)C(=O)N[C@@H](C)C(=O)N(C)[C@@H](CC(C)C)C(=O)N(C)[C@@H](CC(C)C)C(=O)N(C)[C@@H](C(C)C)C(=O)N1C. The highest BCUT2D eigenvalue weighted by Crippen LogP contribution is 2.27. The molecule has 0 aromatic heterocycles. The van der Waals surface area contributed by atoms with Gasteiger partial charge in [-0.25, -0.2) is 0 Å². The highest BCUT2D eigenvalue weighted by Gasteiger charge is 2.45. The van der Waals surface area contributed by atoms with Crippen LogP contribution in [0.1, 0.15) is 156 Å². The van der Waals surface area contributed by atoms with Gasteiger partial charge in [0.2, 0.25) is 65.0 Å². The summed E-state index contributed by atoms with van der Waals surface area (Å²) < 4.78 is 0. The van der Waals surface area contributed by atoms with Crippen molar-refractivity contribution in [2.75, 3.05) is 55.9 Å². The second-order valence-electron chi connectivity index (χ2n) is 26.1. The largest absolute Gasteiger partial charge is 0.343 e. The first-order chi connectivity index (χ1) is 39.2. The van der Waals surface area contributed by atoms with Gasteiger partial charge in [0.25, 0.3) is 0 Å². The number of carbonyl (C=O) groups is 11. The molecule has 85 heavy (non-hydrogen) atoms. The van der Waals surface area contributed by atoms with Gasteiger partial charge >= 0.3 is 0 Å². The maximum atomic E-state index is 15.2. The van der Waals surface area contributed by atoms with Crippen LogP contribution < -0.4 is 21.3 Å². The van der Waals surface area contributed by atoms with E-state index < -0.39 is 149 Å². The summed E-state index contributed by atoms with van der Waals surface area (Å²) in [6.45, 7) is 29.9. The summed E-state index contributed by atoms with van der Waals surface area (Å²) in [5.41, 5.74) is 0. The Balaban J connectivity index is 4.32. The number of likely N-dealkylation sites (N-methyl/N-ethyl adjacent to an activating group) is 7. The second-order valence-corrected chi connectivity index (χ2v) is 26.7. The van der Waals surface area contributed by atoms with E-state index in [4.69, 9.17) is 12.6 Å². The summed E-state index contributed by atoms with van der Waals surface area (Å²) in [6.07, 6.45) is 5.03. The van der Waals surface area contributed by atoms with Crippen LogP contribution in [0.4, 0.5) is 0 Å². The Hall–Kier alpha value is -5.74. The molecular formula is C62H111N11O11S. The number of hydrogen-bond acceptors (Lipinski definition) is 12. The first kappa shape index (κ1) is 77.3. The van der Waals surface area contributed by atoms with Gasteiger partial charge in [-0.05, 0) is 101 Å². The molecule has 0 bridgehead atoms. The molecule has 1 aliphatic heterocycles. The summed E-state index contributed by atoms with van der Waals surface area (Å²) in [6, 6.07) is -11.7. The number of allylic oxidation sites excluding steroid dienone is 2. The molecule has 1 heterocycles. The fraction of sp³-hybridized carbons (Fsp3) is 0.790. The minimum Gasteiger partial charge on any atom is -0.343 e. The van der Waals surface area contributed by atoms with E-state index in [0.29, 0.717) is 6.42 Å². The molecule has 4 N–H and O–H groups in total. The van der Waals surface area contributed by atoms with Crippen molar-refractivity contribution in [3.05, 3.63) is 12.2 Å². The van der Waals surface area contributed by atoms with Gasteiger partial charge in [0.15, 0.2) is 0 Å². The van der Waals surface area contributed by atoms with E-state index in [9.17, 15) is 43.2 Å². The predicted molar refractivity (Wildman–Crippen MR) is 335 cm³/mol. The highest BCUT2D eigenvalue weighted by atomic mass is 32.1. The van der Waals surface area contributed by atoms with Gasteiger partial charge in [0.1, 0.15) is 60.4 Å². The van der Waals surface area contributed by atoms with Crippen molar-refractivity contribution < 1.29 is 52.7 Å². The third-order valence-electron chi connectivity index (χ3n) is 16.1. The molecule has 0 aromatic carbocycles. The maximum absolute atomic E-state index is 15.2. The van der Waals surface area contributed by atoms with Gasteiger partial charge < -0.3 is 55.6 Å². The molecular weight excluding hydrogens is 1110 g/mol. The summed E-state index contributed by atoms with van der Waals surface area (Å²) in [4.78, 5) is 169. The monoisotopic (exact) mass is 1220 g/mol. The number of rotatable bonds is 15. The van der Waals surface area contributed by atoms with Gasteiger partial charge in [-0.1, -0.05) is 109 Å². The molecule has 1 aliphatic rings. The molecule has 0 aromatic rings. The minimum atomic E-state index is -1.30. The molecule has 0 radical (unpaired) electrons. The van der Waals surface area contributed by atoms with E-state index in [1.165, 1.54) is 92.6 Å². The molecule has 0 spiro atoms. The zero-order chi connectivity index (χ0) is 66.0. The van der Waals surface area contributed by atoms with E-state index in [1.54, 1.807) is 34.6 Å². The number of amides is 11. The number of nitrogens with zero attached hydrogens (tertiary/aromatic N) is 7. The number of nitrogens with one attached hydrogen (secondary N) is 4. The summed E-state index contributed by atoms with van der Waals surface area (Å²) in [5.74, 6) is -8.78. The molecule has 0 saturated carbocycles. The Morgan fingerprint density at radius 3 is 1.32 bits per heavy atom. The lowest BCUT2D eigenvalue weighted by Crippen LogP contribution is -2.63. The van der Waals surface area contributed by atoms with Gasteiger partial charge in [0.05, 0.1) is 6.54 Å². The molecule has 486 valence electrons. The van der Waals surface area contributed by atoms with Crippen LogP contribution in [0.25, 0.3) is 0 Å². The van der Waals surface area contributed by atoms with Crippen molar-refractivity contribution in [2.24, 2.45) is 41.4 Å². The highest BCUT2D eigenvalue weighted by molar-refractivity contribution is 7.81. The lowest BCUT2D eigenvalue weighted by molar-refractivity contribution is -0.156. The van der Waals surface area contributed by atoms with Crippen molar-refractivity contribution >= 4 is 77.6 Å². The van der Waals surface area contributed by atoms with Gasteiger partial charge in [-0.15, -0.1) is 0 Å². The van der Waals surface area contributed by atoms with Gasteiger partial charge in [-0.2, -0.15) is 12.6 Å². The van der Waals surface area contributed by atoms with Crippen LogP contribution in [0.2, 0.25) is 0 Å². The third-order valence-corrected chi connectivity index (χ3v) is 16.9. The Labute approximate surface area is 515 Å². The van der Waals surface area contributed by atoms with Crippen LogP contribution in [-0.2, 0) is 52.7 Å². The molecule has 2 unspecified atom stereocenters. The Morgan fingerprint density at radius 1 is 0.459 bits per heavy atom. The Morgan fingerprint density at radius 2 is 0.871 bits per heavy atom. The van der Waals surface area contributed by atoms with E-state index in [0.717, 1.165) is 4.90 Å². The molecule has 0 aliphatic carbocycles. The van der Waals surface area contributed by atoms with Crippen LogP contribution in [-0.4, -0.2) is 221 Å². The fourth-order valence-electron chi connectivity index (χ4n) is 10.7. The van der Waals surface area contributed by atoms with E-state index in [1.807, 2.05) is 81.4 Å². The second kappa shape index (κ2) is 35.2. The van der Waals surface area contributed by atoms with Crippen molar-refractivity contribution in [2.45, 2.75) is 222 Å². The fourth-order valence-corrected chi connectivity index (χ4v) is 11.1. The van der Waals surface area contributed by atoms with Crippen molar-refractivity contribution in [1.29, 1.82) is 0 Å². The van der Waals surface area contributed by atoms with E-state index >= 15 is 9.59 Å². The number of hydrogen-bond donors (Lipinski definition) is 5. The van der Waals surface area contributed by atoms with Gasteiger partial charge in [0, 0.05) is 54.6 Å². The summed E-state index contributed by atoms with van der Waals surface area (Å²) in [7, 11) is 10.2. The predicted octanol–water partition coefficient (Wildman–Crippen LogP) is 4.21. The quantitative estimate of drug-likeness (QED) is 0.115. The topological polar surface area (TPSA) is 259 Å². The zero-order valence-electron chi connectivity index (χ0n) is 56.1. The van der Waals surface area contributed by atoms with Crippen LogP contribution in [0, 0.1) is 41.4 Å². The first-order valence-electron chi connectivity index (χ1n) is 30.6.